The van der Waals surface area contributed by atoms with Crippen LogP contribution in [0.3, 0.4) is 0 Å². The molecule has 2 aromatic carbocycles. The zero-order chi connectivity index (χ0) is 22.9. The molecule has 4 rings (SSSR count). The number of hydrogen-bond acceptors (Lipinski definition) is 6. The lowest BCUT2D eigenvalue weighted by Crippen LogP contribution is -2.26. The van der Waals surface area contributed by atoms with E-state index in [9.17, 15) is 23.0 Å². The molecule has 0 aliphatic rings. The third-order valence-corrected chi connectivity index (χ3v) is 6.73. The average Bonchev–Trinajstić information content (AvgIpc) is 3.24. The van der Waals surface area contributed by atoms with E-state index >= 15 is 0 Å². The Bertz CT molecular complexity index is 1370. The van der Waals surface area contributed by atoms with Gasteiger partial charge in [0.2, 0.25) is 10.0 Å². The summed E-state index contributed by atoms with van der Waals surface area (Å²) < 4.78 is 43.0. The summed E-state index contributed by atoms with van der Waals surface area (Å²) in [6.07, 6.45) is 4.52. The summed E-state index contributed by atoms with van der Waals surface area (Å²) in [6, 6.07) is 12.9. The van der Waals surface area contributed by atoms with Crippen molar-refractivity contribution in [2.45, 2.75) is 11.4 Å². The number of sulfonamides is 1. The van der Waals surface area contributed by atoms with Gasteiger partial charge in [-0.3, -0.25) is 4.98 Å². The Balaban J connectivity index is 1.79. The van der Waals surface area contributed by atoms with Crippen molar-refractivity contribution >= 4 is 10.0 Å². The van der Waals surface area contributed by atoms with E-state index < -0.39 is 26.5 Å². The highest BCUT2D eigenvalue weighted by Gasteiger charge is 2.27. The predicted molar refractivity (Wildman–Crippen MR) is 115 cm³/mol. The quantitative estimate of drug-likeness (QED) is 0.463. The number of pyridine rings is 1. The van der Waals surface area contributed by atoms with Crippen LogP contribution in [-0.2, 0) is 16.6 Å². The molecule has 0 radical (unpaired) electrons. The molecular weight excluding hydrogens is 435 g/mol. The molecule has 0 unspecified atom stereocenters. The van der Waals surface area contributed by atoms with E-state index in [0.29, 0.717) is 5.56 Å². The zero-order valence-electron chi connectivity index (χ0n) is 16.9. The minimum atomic E-state index is -4.14. The van der Waals surface area contributed by atoms with Crippen LogP contribution in [0.25, 0.3) is 16.9 Å². The summed E-state index contributed by atoms with van der Waals surface area (Å²) in [5, 5.41) is 24.9. The molecule has 164 valence electrons. The number of aromatic hydroxyl groups is 2. The lowest BCUT2D eigenvalue weighted by Gasteiger charge is -2.19. The average molecular weight is 454 g/mol. The van der Waals surface area contributed by atoms with E-state index in [1.54, 1.807) is 30.6 Å². The van der Waals surface area contributed by atoms with Crippen molar-refractivity contribution in [3.8, 4) is 28.4 Å². The van der Waals surface area contributed by atoms with Crippen LogP contribution in [0.4, 0.5) is 4.39 Å². The molecule has 2 aromatic heterocycles. The highest BCUT2D eigenvalue weighted by Crippen LogP contribution is 2.38. The van der Waals surface area contributed by atoms with E-state index in [2.05, 4.69) is 10.1 Å². The molecule has 0 aliphatic heterocycles. The summed E-state index contributed by atoms with van der Waals surface area (Å²) in [4.78, 5) is 3.57. The number of halogens is 1. The molecule has 0 spiro atoms. The van der Waals surface area contributed by atoms with Crippen LogP contribution < -0.4 is 0 Å². The number of rotatable bonds is 6. The largest absolute Gasteiger partial charge is 0.507 e. The molecule has 0 atom stereocenters. The molecule has 0 aliphatic carbocycles. The Morgan fingerprint density at radius 1 is 1.03 bits per heavy atom. The smallest absolute Gasteiger partial charge is 0.246 e. The second-order valence-electron chi connectivity index (χ2n) is 7.04. The predicted octanol–water partition coefficient (Wildman–Crippen LogP) is 3.31. The lowest BCUT2D eigenvalue weighted by atomic mass is 10.1. The van der Waals surface area contributed by atoms with Crippen molar-refractivity contribution in [2.75, 3.05) is 7.05 Å². The lowest BCUT2D eigenvalue weighted by molar-refractivity contribution is 0.429. The number of phenolic OH excluding ortho intramolecular Hbond substituents is 2. The van der Waals surface area contributed by atoms with Gasteiger partial charge in [0.1, 0.15) is 27.9 Å². The fourth-order valence-electron chi connectivity index (χ4n) is 3.29. The monoisotopic (exact) mass is 454 g/mol. The normalized spacial score (nSPS) is 11.7. The van der Waals surface area contributed by atoms with Crippen molar-refractivity contribution in [3.63, 3.8) is 0 Å². The fraction of sp³-hybridized carbons (Fsp3) is 0.0909. The summed E-state index contributed by atoms with van der Waals surface area (Å²) in [5.74, 6) is -1.53. The maximum Gasteiger partial charge on any atom is 0.246 e. The number of hydrogen-bond donors (Lipinski definition) is 2. The SMILES string of the molecule is CN(Cc1cccnc1)S(=O)(=O)c1cc(-c2ccnn2-c2ccccc2F)c(O)cc1O. The molecule has 2 heterocycles. The molecule has 4 aromatic rings. The van der Waals surface area contributed by atoms with Crippen LogP contribution >= 0.6 is 0 Å². The van der Waals surface area contributed by atoms with Crippen molar-refractivity contribution in [1.82, 2.24) is 19.1 Å². The third kappa shape index (κ3) is 3.93. The van der Waals surface area contributed by atoms with Crippen molar-refractivity contribution in [2.24, 2.45) is 0 Å². The van der Waals surface area contributed by atoms with Crippen LogP contribution in [0.15, 0.2) is 78.1 Å². The Morgan fingerprint density at radius 2 is 1.81 bits per heavy atom. The van der Waals surface area contributed by atoms with Gasteiger partial charge in [0.05, 0.1) is 11.9 Å². The Hall–Kier alpha value is -3.76. The number of aromatic nitrogens is 3. The molecule has 10 heteroatoms. The van der Waals surface area contributed by atoms with E-state index in [4.69, 9.17) is 0 Å². The molecule has 0 saturated heterocycles. The van der Waals surface area contributed by atoms with Gasteiger partial charge in [-0.15, -0.1) is 0 Å². The van der Waals surface area contributed by atoms with Crippen LogP contribution in [0.1, 0.15) is 5.56 Å². The zero-order valence-corrected chi connectivity index (χ0v) is 17.7. The number of nitrogens with zero attached hydrogens (tertiary/aromatic N) is 4. The molecule has 0 saturated carbocycles. The standard InChI is InChI=1S/C22H19FN4O4S/c1-26(14-15-5-4-9-24-13-15)32(30,31)22-11-16(20(28)12-21(22)29)18-8-10-25-27(18)19-7-3-2-6-17(19)23/h2-13,28-29H,14H2,1H3. The van der Waals surface area contributed by atoms with Gasteiger partial charge in [-0.05, 0) is 35.9 Å². The summed E-state index contributed by atoms with van der Waals surface area (Å²) in [6.45, 7) is 0.0268. The first-order valence-corrected chi connectivity index (χ1v) is 10.9. The summed E-state index contributed by atoms with van der Waals surface area (Å²) >= 11 is 0. The second-order valence-corrected chi connectivity index (χ2v) is 9.05. The maximum atomic E-state index is 14.3. The second kappa shape index (κ2) is 8.40. The number of benzene rings is 2. The van der Waals surface area contributed by atoms with Crippen LogP contribution in [0, 0.1) is 5.82 Å². The minimum absolute atomic E-state index is 0.0268. The third-order valence-electron chi connectivity index (χ3n) is 4.89. The van der Waals surface area contributed by atoms with Gasteiger partial charge in [-0.25, -0.2) is 17.5 Å². The minimum Gasteiger partial charge on any atom is -0.507 e. The topological polar surface area (TPSA) is 109 Å². The van der Waals surface area contributed by atoms with Gasteiger partial charge in [0.25, 0.3) is 0 Å². The van der Waals surface area contributed by atoms with Crippen LogP contribution in [0.2, 0.25) is 0 Å². The fourth-order valence-corrected chi connectivity index (χ4v) is 4.54. The van der Waals surface area contributed by atoms with Gasteiger partial charge >= 0.3 is 0 Å². The molecule has 0 fully saturated rings. The van der Waals surface area contributed by atoms with E-state index in [-0.39, 0.29) is 29.2 Å². The first-order valence-electron chi connectivity index (χ1n) is 9.49. The van der Waals surface area contributed by atoms with Gasteiger partial charge in [-0.1, -0.05) is 18.2 Å². The van der Waals surface area contributed by atoms with E-state index in [1.165, 1.54) is 42.2 Å². The number of phenols is 2. The maximum absolute atomic E-state index is 14.3. The van der Waals surface area contributed by atoms with Gasteiger partial charge in [0.15, 0.2) is 0 Å². The van der Waals surface area contributed by atoms with Gasteiger partial charge in [0, 0.05) is 37.6 Å². The summed E-state index contributed by atoms with van der Waals surface area (Å²) in [7, 11) is -2.77. The van der Waals surface area contributed by atoms with Crippen LogP contribution in [0.5, 0.6) is 11.5 Å². The Morgan fingerprint density at radius 3 is 2.53 bits per heavy atom. The Kier molecular flexibility index (Phi) is 5.64. The highest BCUT2D eigenvalue weighted by molar-refractivity contribution is 7.89. The molecule has 32 heavy (non-hydrogen) atoms. The van der Waals surface area contributed by atoms with Crippen LogP contribution in [-0.4, -0.2) is 44.7 Å². The summed E-state index contributed by atoms with van der Waals surface area (Å²) in [5.41, 5.74) is 1.10. The van der Waals surface area contributed by atoms with E-state index in [0.717, 1.165) is 16.4 Å². The molecule has 2 N–H and O–H groups in total. The van der Waals surface area contributed by atoms with Crippen molar-refractivity contribution in [3.05, 3.63) is 84.6 Å². The highest BCUT2D eigenvalue weighted by atomic mass is 32.2. The molecule has 8 nitrogen and oxygen atoms in total. The van der Waals surface area contributed by atoms with Crippen molar-refractivity contribution in [1.29, 1.82) is 0 Å². The Labute approximate surface area is 183 Å². The van der Waals surface area contributed by atoms with Gasteiger partial charge < -0.3 is 10.2 Å². The molecular formula is C22H19FN4O4S. The number of para-hydroxylation sites is 1. The van der Waals surface area contributed by atoms with Gasteiger partial charge in [-0.2, -0.15) is 9.40 Å². The van der Waals surface area contributed by atoms with Crippen molar-refractivity contribution < 1.29 is 23.0 Å². The first kappa shape index (κ1) is 21.5. The first-order chi connectivity index (χ1) is 15.3. The molecule has 0 bridgehead atoms. The molecule has 0 amide bonds. The van der Waals surface area contributed by atoms with E-state index in [1.807, 2.05) is 0 Å².